The number of fused-ring (bicyclic) bond motifs is 11. The second kappa shape index (κ2) is 12.5. The normalized spacial score (nSPS) is 15.7. The minimum atomic E-state index is -0.0295. The maximum Gasteiger partial charge on any atom is 0.160 e. The fourth-order valence-corrected chi connectivity index (χ4v) is 10.7. The second-order valence-corrected chi connectivity index (χ2v) is 17.2. The lowest BCUT2D eigenvalue weighted by atomic mass is 9.67. The lowest BCUT2D eigenvalue weighted by molar-refractivity contribution is 0.353. The van der Waals surface area contributed by atoms with E-state index in [0.29, 0.717) is 5.82 Å². The maximum absolute atomic E-state index is 6.28. The highest BCUT2D eigenvalue weighted by molar-refractivity contribution is 6.06. The number of furan rings is 1. The Morgan fingerprint density at radius 1 is 0.414 bits per heavy atom. The molecule has 0 amide bonds. The zero-order valence-corrected chi connectivity index (χ0v) is 32.8. The molecule has 3 aliphatic carbocycles. The molecule has 3 nitrogen and oxygen atoms in total. The lowest BCUT2D eigenvalue weighted by Crippen LogP contribution is -2.28. The number of aromatic nitrogens is 2. The molecule has 0 N–H and O–H groups in total. The van der Waals surface area contributed by atoms with Gasteiger partial charge in [-0.15, -0.1) is 0 Å². The first-order valence-corrected chi connectivity index (χ1v) is 20.9. The number of hydrogen-bond donors (Lipinski definition) is 0. The topological polar surface area (TPSA) is 38.9 Å². The predicted molar refractivity (Wildman–Crippen MR) is 238 cm³/mol. The summed E-state index contributed by atoms with van der Waals surface area (Å²) in [5.41, 5.74) is 20.7. The molecule has 0 radical (unpaired) electrons. The van der Waals surface area contributed by atoms with Crippen LogP contribution in [0.2, 0.25) is 0 Å². The van der Waals surface area contributed by atoms with Crippen LogP contribution in [0.3, 0.4) is 0 Å². The van der Waals surface area contributed by atoms with Gasteiger partial charge in [0.05, 0.1) is 11.4 Å². The van der Waals surface area contributed by atoms with Crippen LogP contribution in [-0.4, -0.2) is 9.97 Å². The number of nitrogens with zero attached hydrogens (tertiary/aromatic N) is 2. The van der Waals surface area contributed by atoms with Crippen molar-refractivity contribution < 1.29 is 4.42 Å². The third-order valence-corrected chi connectivity index (χ3v) is 13.7. The van der Waals surface area contributed by atoms with Gasteiger partial charge in [0.25, 0.3) is 0 Å². The van der Waals surface area contributed by atoms with Crippen molar-refractivity contribution in [3.05, 3.63) is 180 Å². The molecule has 1 spiro atoms. The summed E-state index contributed by atoms with van der Waals surface area (Å²) in [6, 6.07) is 57.5. The van der Waals surface area contributed by atoms with Gasteiger partial charge in [-0.2, -0.15) is 0 Å². The van der Waals surface area contributed by atoms with E-state index in [-0.39, 0.29) is 10.8 Å². The number of para-hydroxylation sites is 1. The standard InChI is InChI=1S/C55H42N2O/c1-54(2)45-17-9-7-15-39(45)43-32-48-44(31-47(43)54)42-29-37(24-26-46(42)55(48)27-11-4-12-28-55)34-19-21-35(22-20-34)49-33-50(57-53(56-49)36-13-5-3-6-14-36)38-23-25-41-40-16-8-10-18-51(40)58-52(41)30-38/h3,5-10,13-26,29-33H,4,11-12,27-28H2,1-2H3. The molecule has 0 atom stereocenters. The molecule has 0 aliphatic heterocycles. The van der Waals surface area contributed by atoms with Gasteiger partial charge < -0.3 is 4.42 Å². The van der Waals surface area contributed by atoms with E-state index in [1.165, 1.54) is 82.2 Å². The SMILES string of the molecule is CC1(C)c2ccccc2-c2cc3c(cc21)-c1cc(-c2ccc(-c4cc(-c5ccc6c(c5)oc5ccccc56)nc(-c5ccccc5)n4)cc2)ccc1C31CCCCC1. The maximum atomic E-state index is 6.28. The molecule has 3 heteroatoms. The van der Waals surface area contributed by atoms with Gasteiger partial charge in [0, 0.05) is 38.3 Å². The lowest BCUT2D eigenvalue weighted by Gasteiger charge is -2.36. The van der Waals surface area contributed by atoms with Crippen LogP contribution >= 0.6 is 0 Å². The first-order chi connectivity index (χ1) is 28.4. The molecule has 0 unspecified atom stereocenters. The Bertz CT molecular complexity index is 3110. The van der Waals surface area contributed by atoms with Gasteiger partial charge in [-0.25, -0.2) is 9.97 Å². The van der Waals surface area contributed by atoms with E-state index in [1.54, 1.807) is 5.56 Å². The van der Waals surface area contributed by atoms with Gasteiger partial charge >= 0.3 is 0 Å². The zero-order chi connectivity index (χ0) is 38.6. The van der Waals surface area contributed by atoms with Crippen molar-refractivity contribution in [2.24, 2.45) is 0 Å². The second-order valence-electron chi connectivity index (χ2n) is 17.2. The van der Waals surface area contributed by atoms with Crippen molar-refractivity contribution in [2.45, 2.75) is 56.8 Å². The minimum Gasteiger partial charge on any atom is -0.456 e. The number of benzene rings is 7. The fraction of sp³-hybridized carbons (Fsp3) is 0.164. The molecule has 0 bridgehead atoms. The number of hydrogen-bond acceptors (Lipinski definition) is 3. The molecular weight excluding hydrogens is 705 g/mol. The Balaban J connectivity index is 0.944. The molecule has 2 heterocycles. The van der Waals surface area contributed by atoms with Crippen molar-refractivity contribution in [1.29, 1.82) is 0 Å². The largest absolute Gasteiger partial charge is 0.456 e. The van der Waals surface area contributed by atoms with Gasteiger partial charge in [-0.05, 0) is 111 Å². The summed E-state index contributed by atoms with van der Waals surface area (Å²) in [5.74, 6) is 0.702. The van der Waals surface area contributed by atoms with Gasteiger partial charge in [0.15, 0.2) is 5.82 Å². The van der Waals surface area contributed by atoms with E-state index in [0.717, 1.165) is 50.0 Å². The summed E-state index contributed by atoms with van der Waals surface area (Å²) in [5, 5.41) is 2.23. The third kappa shape index (κ3) is 4.92. The van der Waals surface area contributed by atoms with Crippen molar-refractivity contribution >= 4 is 21.9 Å². The monoisotopic (exact) mass is 746 g/mol. The van der Waals surface area contributed by atoms with Gasteiger partial charge in [0.2, 0.25) is 0 Å². The van der Waals surface area contributed by atoms with E-state index >= 15 is 0 Å². The highest BCUT2D eigenvalue weighted by atomic mass is 16.3. The van der Waals surface area contributed by atoms with Crippen molar-refractivity contribution in [2.75, 3.05) is 0 Å². The molecule has 278 valence electrons. The molecule has 7 aromatic carbocycles. The van der Waals surface area contributed by atoms with E-state index < -0.39 is 0 Å². The molecule has 0 saturated heterocycles. The molecule has 1 saturated carbocycles. The molecule has 12 rings (SSSR count). The van der Waals surface area contributed by atoms with Crippen LogP contribution in [0.15, 0.2) is 162 Å². The van der Waals surface area contributed by atoms with Crippen LogP contribution in [0, 0.1) is 0 Å². The Morgan fingerprint density at radius 3 is 1.90 bits per heavy atom. The highest BCUT2D eigenvalue weighted by Crippen LogP contribution is 2.60. The average molecular weight is 747 g/mol. The minimum absolute atomic E-state index is 0.0295. The summed E-state index contributed by atoms with van der Waals surface area (Å²) in [4.78, 5) is 10.2. The molecule has 9 aromatic rings. The zero-order valence-electron chi connectivity index (χ0n) is 32.8. The van der Waals surface area contributed by atoms with Crippen LogP contribution in [0.25, 0.3) is 89.2 Å². The van der Waals surface area contributed by atoms with Gasteiger partial charge in [0.1, 0.15) is 11.2 Å². The summed E-state index contributed by atoms with van der Waals surface area (Å²) < 4.78 is 6.28. The predicted octanol–water partition coefficient (Wildman–Crippen LogP) is 14.6. The smallest absolute Gasteiger partial charge is 0.160 e. The fourth-order valence-electron chi connectivity index (χ4n) is 10.7. The van der Waals surface area contributed by atoms with E-state index in [1.807, 2.05) is 30.3 Å². The number of rotatable bonds is 4. The molecule has 3 aliphatic rings. The molecule has 2 aromatic heterocycles. The van der Waals surface area contributed by atoms with Crippen LogP contribution in [0.5, 0.6) is 0 Å². The van der Waals surface area contributed by atoms with Crippen LogP contribution < -0.4 is 0 Å². The highest BCUT2D eigenvalue weighted by Gasteiger charge is 2.46. The quantitative estimate of drug-likeness (QED) is 0.180. The summed E-state index contributed by atoms with van der Waals surface area (Å²) in [6.45, 7) is 4.80. The van der Waals surface area contributed by atoms with Gasteiger partial charge in [-0.3, -0.25) is 0 Å². The Kier molecular flexibility index (Phi) is 7.21. The van der Waals surface area contributed by atoms with Crippen molar-refractivity contribution in [3.63, 3.8) is 0 Å². The van der Waals surface area contributed by atoms with Crippen LogP contribution in [0.4, 0.5) is 0 Å². The van der Waals surface area contributed by atoms with E-state index in [4.69, 9.17) is 14.4 Å². The molecule has 1 fully saturated rings. The Morgan fingerprint density at radius 2 is 1.05 bits per heavy atom. The first-order valence-electron chi connectivity index (χ1n) is 20.9. The van der Waals surface area contributed by atoms with Crippen LogP contribution in [0.1, 0.15) is 68.2 Å². The summed E-state index contributed by atoms with van der Waals surface area (Å²) in [7, 11) is 0. The van der Waals surface area contributed by atoms with E-state index in [2.05, 4.69) is 141 Å². The summed E-state index contributed by atoms with van der Waals surface area (Å²) >= 11 is 0. The van der Waals surface area contributed by atoms with E-state index in [9.17, 15) is 0 Å². The van der Waals surface area contributed by atoms with Crippen molar-refractivity contribution in [1.82, 2.24) is 9.97 Å². The Hall–Kier alpha value is -6.58. The van der Waals surface area contributed by atoms with Crippen molar-refractivity contribution in [3.8, 4) is 67.3 Å². The third-order valence-electron chi connectivity index (χ3n) is 13.7. The van der Waals surface area contributed by atoms with Crippen LogP contribution in [-0.2, 0) is 10.8 Å². The molecular formula is C55H42N2O. The average Bonchev–Trinajstić information content (AvgIpc) is 3.86. The Labute approximate surface area is 339 Å². The first kappa shape index (κ1) is 33.5. The summed E-state index contributed by atoms with van der Waals surface area (Å²) in [6.07, 6.45) is 6.35. The molecule has 58 heavy (non-hydrogen) atoms. The van der Waals surface area contributed by atoms with Gasteiger partial charge in [-0.1, -0.05) is 148 Å².